The smallest absolute Gasteiger partial charge is 0.184 e. The summed E-state index contributed by atoms with van der Waals surface area (Å²) in [6.45, 7) is 2.20. The maximum absolute atomic E-state index is 6.07. The molecule has 1 aromatic carbocycles. The van der Waals surface area contributed by atoms with E-state index in [2.05, 4.69) is 22.4 Å². The number of nitrogens with zero attached hydrogens (tertiary/aromatic N) is 4. The van der Waals surface area contributed by atoms with Crippen molar-refractivity contribution in [3.05, 3.63) is 23.2 Å². The Kier molecular flexibility index (Phi) is 2.93. The van der Waals surface area contributed by atoms with E-state index in [1.165, 1.54) is 12.8 Å². The Morgan fingerprint density at radius 1 is 1.32 bits per heavy atom. The monoisotopic (exact) mass is 277 g/mol. The number of tetrazole rings is 1. The molecule has 5 nitrogen and oxygen atoms in total. The molecule has 0 bridgehead atoms. The molecule has 0 saturated heterocycles. The zero-order valence-corrected chi connectivity index (χ0v) is 11.6. The molecule has 1 aliphatic rings. The van der Waals surface area contributed by atoms with Crippen LogP contribution in [0.1, 0.15) is 32.6 Å². The van der Waals surface area contributed by atoms with E-state index in [1.54, 1.807) is 6.07 Å². The number of nitrogens with two attached hydrogens (primary N) is 1. The van der Waals surface area contributed by atoms with Crippen LogP contribution in [0.4, 0.5) is 5.69 Å². The number of anilines is 1. The fraction of sp³-hybridized carbons (Fsp3) is 0.462. The lowest BCUT2D eigenvalue weighted by atomic mass is 10.0. The Morgan fingerprint density at radius 3 is 2.79 bits per heavy atom. The molecule has 0 radical (unpaired) electrons. The predicted octanol–water partition coefficient (Wildman–Crippen LogP) is 2.86. The lowest BCUT2D eigenvalue weighted by Gasteiger charge is -2.25. The van der Waals surface area contributed by atoms with E-state index in [0.29, 0.717) is 16.5 Å². The molecule has 1 heterocycles. The first-order chi connectivity index (χ1) is 9.12. The average Bonchev–Trinajstić information content (AvgIpc) is 3.02. The maximum Gasteiger partial charge on any atom is 0.184 e. The van der Waals surface area contributed by atoms with E-state index < -0.39 is 0 Å². The van der Waals surface area contributed by atoms with Crippen LogP contribution in [0.3, 0.4) is 0 Å². The Balaban J connectivity index is 2.12. The van der Waals surface area contributed by atoms with E-state index in [1.807, 2.05) is 16.8 Å². The molecule has 1 fully saturated rings. The van der Waals surface area contributed by atoms with E-state index in [9.17, 15) is 0 Å². The summed E-state index contributed by atoms with van der Waals surface area (Å²) in [6, 6.07) is 5.54. The molecule has 100 valence electrons. The predicted molar refractivity (Wildman–Crippen MR) is 74.8 cm³/mol. The van der Waals surface area contributed by atoms with Crippen molar-refractivity contribution in [2.75, 3.05) is 5.73 Å². The Bertz CT molecular complexity index is 601. The van der Waals surface area contributed by atoms with Crippen molar-refractivity contribution in [2.24, 2.45) is 0 Å². The van der Waals surface area contributed by atoms with Gasteiger partial charge in [-0.25, -0.2) is 4.68 Å². The average molecular weight is 278 g/mol. The highest BCUT2D eigenvalue weighted by Gasteiger charge is 2.34. The quantitative estimate of drug-likeness (QED) is 0.857. The highest BCUT2D eigenvalue weighted by atomic mass is 35.5. The van der Waals surface area contributed by atoms with Gasteiger partial charge in [-0.15, -0.1) is 5.10 Å². The van der Waals surface area contributed by atoms with Crippen molar-refractivity contribution >= 4 is 17.3 Å². The van der Waals surface area contributed by atoms with Crippen LogP contribution in [-0.2, 0) is 5.54 Å². The van der Waals surface area contributed by atoms with Crippen molar-refractivity contribution in [1.29, 1.82) is 0 Å². The van der Waals surface area contributed by atoms with Gasteiger partial charge in [0.1, 0.15) is 0 Å². The van der Waals surface area contributed by atoms with Gasteiger partial charge < -0.3 is 5.73 Å². The van der Waals surface area contributed by atoms with Crippen LogP contribution in [0.2, 0.25) is 5.02 Å². The molecule has 0 aliphatic heterocycles. The third-order valence-electron chi connectivity index (χ3n) is 3.96. The van der Waals surface area contributed by atoms with Crippen LogP contribution in [0, 0.1) is 0 Å². The number of benzene rings is 1. The third kappa shape index (κ3) is 1.98. The highest BCUT2D eigenvalue weighted by Crippen LogP contribution is 2.39. The van der Waals surface area contributed by atoms with Crippen LogP contribution in [0.15, 0.2) is 18.2 Å². The molecule has 1 saturated carbocycles. The van der Waals surface area contributed by atoms with Crippen LogP contribution in [0.25, 0.3) is 11.4 Å². The molecular weight excluding hydrogens is 262 g/mol. The van der Waals surface area contributed by atoms with E-state index >= 15 is 0 Å². The normalized spacial score (nSPS) is 17.8. The SMILES string of the molecule is CC1(n2nnnc2-c2cccc(Cl)c2N)CCCC1. The molecule has 0 unspecified atom stereocenters. The molecule has 6 heteroatoms. The molecule has 2 N–H and O–H groups in total. The van der Waals surface area contributed by atoms with Crippen LogP contribution in [-0.4, -0.2) is 20.2 Å². The lowest BCUT2D eigenvalue weighted by molar-refractivity contribution is 0.293. The number of halogens is 1. The molecule has 1 aromatic heterocycles. The number of rotatable bonds is 2. The minimum Gasteiger partial charge on any atom is -0.397 e. The zero-order valence-electron chi connectivity index (χ0n) is 10.8. The highest BCUT2D eigenvalue weighted by molar-refractivity contribution is 6.33. The molecule has 0 spiro atoms. The van der Waals surface area contributed by atoms with E-state index in [-0.39, 0.29) is 5.54 Å². The number of hydrogen-bond acceptors (Lipinski definition) is 4. The number of aromatic nitrogens is 4. The molecule has 0 atom stereocenters. The topological polar surface area (TPSA) is 69.6 Å². The van der Waals surface area contributed by atoms with Gasteiger partial charge in [0.15, 0.2) is 5.82 Å². The first-order valence-electron chi connectivity index (χ1n) is 6.45. The van der Waals surface area contributed by atoms with Crippen molar-refractivity contribution in [2.45, 2.75) is 38.1 Å². The standard InChI is InChI=1S/C13H16ClN5/c1-13(7-2-3-8-13)19-12(16-17-18-19)9-5-4-6-10(14)11(9)15/h4-6H,2-3,7-8,15H2,1H3. The van der Waals surface area contributed by atoms with Gasteiger partial charge in [-0.05, 0) is 42.3 Å². The molecular formula is C13H16ClN5. The zero-order chi connectivity index (χ0) is 13.5. The Morgan fingerprint density at radius 2 is 2.05 bits per heavy atom. The number of hydrogen-bond donors (Lipinski definition) is 1. The fourth-order valence-corrected chi connectivity index (χ4v) is 2.97. The van der Waals surface area contributed by atoms with E-state index in [4.69, 9.17) is 17.3 Å². The molecule has 19 heavy (non-hydrogen) atoms. The first kappa shape index (κ1) is 12.4. The second-order valence-electron chi connectivity index (χ2n) is 5.32. The molecule has 0 amide bonds. The number of para-hydroxylation sites is 1. The summed E-state index contributed by atoms with van der Waals surface area (Å²) < 4.78 is 1.90. The Hall–Kier alpha value is -1.62. The summed E-state index contributed by atoms with van der Waals surface area (Å²) in [7, 11) is 0. The maximum atomic E-state index is 6.07. The van der Waals surface area contributed by atoms with Crippen LogP contribution < -0.4 is 5.73 Å². The first-order valence-corrected chi connectivity index (χ1v) is 6.83. The summed E-state index contributed by atoms with van der Waals surface area (Å²) in [5.74, 6) is 0.699. The summed E-state index contributed by atoms with van der Waals surface area (Å²) in [5, 5.41) is 12.7. The summed E-state index contributed by atoms with van der Waals surface area (Å²) in [6.07, 6.45) is 4.60. The van der Waals surface area contributed by atoms with Gasteiger partial charge in [0, 0.05) is 5.56 Å². The van der Waals surface area contributed by atoms with Crippen molar-refractivity contribution in [1.82, 2.24) is 20.2 Å². The van der Waals surface area contributed by atoms with Gasteiger partial charge in [-0.1, -0.05) is 30.5 Å². The van der Waals surface area contributed by atoms with Gasteiger partial charge in [0.2, 0.25) is 0 Å². The largest absolute Gasteiger partial charge is 0.397 e. The molecule has 2 aromatic rings. The minimum atomic E-state index is -0.0202. The summed E-state index contributed by atoms with van der Waals surface area (Å²) in [5.41, 5.74) is 7.35. The summed E-state index contributed by atoms with van der Waals surface area (Å²) in [4.78, 5) is 0. The van der Waals surface area contributed by atoms with Crippen molar-refractivity contribution in [3.8, 4) is 11.4 Å². The van der Waals surface area contributed by atoms with Gasteiger partial charge in [0.05, 0.1) is 16.2 Å². The van der Waals surface area contributed by atoms with Gasteiger partial charge in [-0.2, -0.15) is 0 Å². The summed E-state index contributed by atoms with van der Waals surface area (Å²) >= 11 is 6.07. The third-order valence-corrected chi connectivity index (χ3v) is 4.28. The van der Waals surface area contributed by atoms with Gasteiger partial charge in [0.25, 0.3) is 0 Å². The van der Waals surface area contributed by atoms with Crippen LogP contribution >= 0.6 is 11.6 Å². The van der Waals surface area contributed by atoms with Crippen molar-refractivity contribution < 1.29 is 0 Å². The van der Waals surface area contributed by atoms with Crippen LogP contribution in [0.5, 0.6) is 0 Å². The second kappa shape index (κ2) is 4.49. The molecule has 3 rings (SSSR count). The lowest BCUT2D eigenvalue weighted by Crippen LogP contribution is -2.28. The van der Waals surface area contributed by atoms with Gasteiger partial charge >= 0.3 is 0 Å². The van der Waals surface area contributed by atoms with Crippen molar-refractivity contribution in [3.63, 3.8) is 0 Å². The number of nitrogen functional groups attached to an aromatic ring is 1. The second-order valence-corrected chi connectivity index (χ2v) is 5.73. The Labute approximate surface area is 116 Å². The minimum absolute atomic E-state index is 0.0202. The molecule has 1 aliphatic carbocycles. The van der Waals surface area contributed by atoms with Gasteiger partial charge in [-0.3, -0.25) is 0 Å². The fourth-order valence-electron chi connectivity index (χ4n) is 2.80. The van der Waals surface area contributed by atoms with E-state index in [0.717, 1.165) is 18.4 Å².